The smallest absolute Gasteiger partial charge is 0.412 e. The molecule has 13 heteroatoms. The first kappa shape index (κ1) is 28.8. The summed E-state index contributed by atoms with van der Waals surface area (Å²) in [7, 11) is 0. The predicted octanol–water partition coefficient (Wildman–Crippen LogP) is 3.58. The van der Waals surface area contributed by atoms with E-state index < -0.39 is 29.3 Å². The number of benzene rings is 2. The monoisotopic (exact) mass is 572 g/mol. The van der Waals surface area contributed by atoms with Crippen LogP contribution in [0.4, 0.5) is 14.9 Å². The highest BCUT2D eigenvalue weighted by molar-refractivity contribution is 6.30. The Bertz CT molecular complexity index is 1480. The van der Waals surface area contributed by atoms with Crippen molar-refractivity contribution in [3.63, 3.8) is 0 Å². The van der Waals surface area contributed by atoms with Crippen LogP contribution in [0.3, 0.4) is 0 Å². The molecule has 2 aromatic carbocycles. The van der Waals surface area contributed by atoms with Crippen molar-refractivity contribution in [2.75, 3.05) is 11.9 Å². The van der Waals surface area contributed by atoms with Crippen molar-refractivity contribution in [3.05, 3.63) is 58.5 Å². The Balaban J connectivity index is 1.48. The van der Waals surface area contributed by atoms with Gasteiger partial charge in [0.05, 0.1) is 17.1 Å². The first-order chi connectivity index (χ1) is 18.8. The highest BCUT2D eigenvalue weighted by Gasteiger charge is 2.34. The zero-order valence-corrected chi connectivity index (χ0v) is 23.0. The van der Waals surface area contributed by atoms with Crippen LogP contribution in [0.15, 0.2) is 36.4 Å². The van der Waals surface area contributed by atoms with Gasteiger partial charge < -0.3 is 20.7 Å². The molecule has 0 saturated heterocycles. The number of primary amides is 1. The van der Waals surface area contributed by atoms with Crippen molar-refractivity contribution in [2.24, 2.45) is 5.73 Å². The number of fused-ring (bicyclic) bond motifs is 1. The van der Waals surface area contributed by atoms with Gasteiger partial charge in [0.15, 0.2) is 5.69 Å². The number of nitrogens with two attached hydrogens (primary N) is 1. The molecule has 0 aliphatic heterocycles. The normalized spacial score (nSPS) is 13.1. The Morgan fingerprint density at radius 1 is 1.20 bits per heavy atom. The van der Waals surface area contributed by atoms with Crippen LogP contribution < -0.4 is 16.4 Å². The number of hydrogen-bond donors (Lipinski definition) is 3. The minimum atomic E-state index is -0.808. The molecule has 0 unspecified atom stereocenters. The van der Waals surface area contributed by atoms with Crippen LogP contribution in [0.2, 0.25) is 5.02 Å². The number of hydrogen-bond acceptors (Lipinski definition) is 6. The lowest BCUT2D eigenvalue weighted by molar-refractivity contribution is -0.137. The maximum atomic E-state index is 14.1. The number of ether oxygens (including phenoxy) is 1. The number of carbonyl (C=O) groups is 4. The largest absolute Gasteiger partial charge is 0.444 e. The Kier molecular flexibility index (Phi) is 8.29. The Labute approximate surface area is 234 Å². The van der Waals surface area contributed by atoms with Gasteiger partial charge in [0.2, 0.25) is 11.8 Å². The molecule has 1 aromatic heterocycles. The van der Waals surface area contributed by atoms with E-state index in [-0.39, 0.29) is 47.9 Å². The fourth-order valence-electron chi connectivity index (χ4n) is 4.10. The van der Waals surface area contributed by atoms with Gasteiger partial charge in [-0.25, -0.2) is 9.18 Å². The molecule has 1 aliphatic carbocycles. The van der Waals surface area contributed by atoms with Crippen LogP contribution in [0.5, 0.6) is 0 Å². The van der Waals surface area contributed by atoms with Gasteiger partial charge in [-0.3, -0.25) is 24.4 Å². The van der Waals surface area contributed by atoms with Crippen molar-refractivity contribution in [1.29, 1.82) is 0 Å². The highest BCUT2D eigenvalue weighted by Crippen LogP contribution is 2.28. The molecule has 4 rings (SSSR count). The zero-order valence-electron chi connectivity index (χ0n) is 22.3. The molecular formula is C27H30ClFN6O5. The van der Waals surface area contributed by atoms with Gasteiger partial charge in [-0.15, -0.1) is 0 Å². The molecule has 0 radical (unpaired) electrons. The quantitative estimate of drug-likeness (QED) is 0.357. The van der Waals surface area contributed by atoms with E-state index in [1.165, 1.54) is 27.8 Å². The predicted molar refractivity (Wildman–Crippen MR) is 146 cm³/mol. The lowest BCUT2D eigenvalue weighted by atomic mass is 10.2. The van der Waals surface area contributed by atoms with Gasteiger partial charge in [0, 0.05) is 29.2 Å². The van der Waals surface area contributed by atoms with Crippen LogP contribution in [0, 0.1) is 5.82 Å². The average Bonchev–Trinajstić information content (AvgIpc) is 3.64. The molecule has 0 spiro atoms. The van der Waals surface area contributed by atoms with E-state index in [4.69, 9.17) is 22.1 Å². The first-order valence-electron chi connectivity index (χ1n) is 12.6. The second-order valence-corrected chi connectivity index (χ2v) is 10.9. The van der Waals surface area contributed by atoms with Crippen LogP contribution in [-0.2, 0) is 27.4 Å². The molecule has 3 aromatic rings. The van der Waals surface area contributed by atoms with Crippen molar-refractivity contribution >= 4 is 52.0 Å². The maximum absolute atomic E-state index is 14.1. The zero-order chi connectivity index (χ0) is 29.2. The third kappa shape index (κ3) is 7.06. The van der Waals surface area contributed by atoms with Crippen LogP contribution in [-0.4, -0.2) is 56.7 Å². The van der Waals surface area contributed by atoms with Crippen molar-refractivity contribution in [3.8, 4) is 0 Å². The second-order valence-electron chi connectivity index (χ2n) is 10.5. The topological polar surface area (TPSA) is 149 Å². The first-order valence-corrected chi connectivity index (χ1v) is 13.0. The summed E-state index contributed by atoms with van der Waals surface area (Å²) in [5.41, 5.74) is 5.78. The van der Waals surface area contributed by atoms with Crippen LogP contribution in [0.1, 0.15) is 49.7 Å². The summed E-state index contributed by atoms with van der Waals surface area (Å²) in [5, 5.41) is 9.76. The molecule has 1 saturated carbocycles. The van der Waals surface area contributed by atoms with Crippen LogP contribution in [0.25, 0.3) is 10.9 Å². The molecule has 1 fully saturated rings. The van der Waals surface area contributed by atoms with Gasteiger partial charge in [0.1, 0.15) is 18.0 Å². The molecule has 0 bridgehead atoms. The van der Waals surface area contributed by atoms with Crippen molar-refractivity contribution in [2.45, 2.75) is 58.3 Å². The number of carbonyl (C=O) groups excluding carboxylic acids is 4. The standard InChI is InChI=1S/C27H30ClFN6O5/c1-27(2,3)40-26(39)32-16-7-10-20-18(11-16)24(25(30)38)33-35(20)14-22(37)34(17-8-9-17)13-21(36)31-12-15-5-4-6-19(28)23(15)29/h4-7,10-11,17H,8-9,12-14H2,1-3H3,(H2,30,38)(H,31,36)(H,32,39). The average molecular weight is 573 g/mol. The number of aromatic nitrogens is 2. The molecule has 40 heavy (non-hydrogen) atoms. The number of nitrogens with zero attached hydrogens (tertiary/aromatic N) is 3. The fourth-order valence-corrected chi connectivity index (χ4v) is 4.29. The van der Waals surface area contributed by atoms with E-state index in [0.717, 1.165) is 12.8 Å². The summed E-state index contributed by atoms with van der Waals surface area (Å²) < 4.78 is 20.7. The van der Waals surface area contributed by atoms with Gasteiger partial charge >= 0.3 is 6.09 Å². The Morgan fingerprint density at radius 2 is 1.93 bits per heavy atom. The number of amides is 4. The van der Waals surface area contributed by atoms with Gasteiger partial charge in [-0.1, -0.05) is 23.7 Å². The molecular weight excluding hydrogens is 543 g/mol. The van der Waals surface area contributed by atoms with E-state index in [0.29, 0.717) is 16.6 Å². The van der Waals surface area contributed by atoms with E-state index in [1.54, 1.807) is 39.0 Å². The summed E-state index contributed by atoms with van der Waals surface area (Å²) in [6, 6.07) is 9.11. The lowest BCUT2D eigenvalue weighted by Crippen LogP contribution is -2.43. The van der Waals surface area contributed by atoms with E-state index >= 15 is 0 Å². The van der Waals surface area contributed by atoms with E-state index in [9.17, 15) is 23.6 Å². The summed E-state index contributed by atoms with van der Waals surface area (Å²) >= 11 is 5.80. The van der Waals surface area contributed by atoms with Crippen molar-refractivity contribution in [1.82, 2.24) is 20.0 Å². The SMILES string of the molecule is CC(C)(C)OC(=O)Nc1ccc2c(c1)c(C(N)=O)nn2CC(=O)N(CC(=O)NCc1cccc(Cl)c1F)C1CC1. The Morgan fingerprint density at radius 3 is 2.58 bits per heavy atom. The van der Waals surface area contributed by atoms with Gasteiger partial charge in [-0.05, 0) is 57.9 Å². The van der Waals surface area contributed by atoms with E-state index in [1.807, 2.05) is 0 Å². The molecule has 212 valence electrons. The summed E-state index contributed by atoms with van der Waals surface area (Å²) in [4.78, 5) is 51.7. The lowest BCUT2D eigenvalue weighted by Gasteiger charge is -2.22. The molecule has 0 atom stereocenters. The molecule has 11 nitrogen and oxygen atoms in total. The third-order valence-corrected chi connectivity index (χ3v) is 6.34. The molecule has 4 N–H and O–H groups in total. The molecule has 4 amide bonds. The molecule has 1 heterocycles. The second kappa shape index (κ2) is 11.5. The third-order valence-electron chi connectivity index (χ3n) is 6.04. The minimum Gasteiger partial charge on any atom is -0.444 e. The minimum absolute atomic E-state index is 0.0453. The fraction of sp³-hybridized carbons (Fsp3) is 0.370. The maximum Gasteiger partial charge on any atom is 0.412 e. The summed E-state index contributed by atoms with van der Waals surface area (Å²) in [5.74, 6) is -2.26. The Hall–Kier alpha value is -4.19. The number of nitrogens with one attached hydrogen (secondary N) is 2. The number of halogens is 2. The summed E-state index contributed by atoms with van der Waals surface area (Å²) in [6.45, 7) is 4.64. The van der Waals surface area contributed by atoms with Crippen molar-refractivity contribution < 1.29 is 28.3 Å². The molecule has 1 aliphatic rings. The number of anilines is 1. The number of rotatable bonds is 9. The van der Waals surface area contributed by atoms with Gasteiger partial charge in [0.25, 0.3) is 5.91 Å². The van der Waals surface area contributed by atoms with Crippen LogP contribution >= 0.6 is 11.6 Å². The van der Waals surface area contributed by atoms with E-state index in [2.05, 4.69) is 15.7 Å². The van der Waals surface area contributed by atoms with Gasteiger partial charge in [-0.2, -0.15) is 5.10 Å². The highest BCUT2D eigenvalue weighted by atomic mass is 35.5. The summed E-state index contributed by atoms with van der Waals surface area (Å²) in [6.07, 6.45) is 0.814.